The van der Waals surface area contributed by atoms with E-state index in [1.807, 2.05) is 24.3 Å². The maximum Gasteiger partial charge on any atom is 0.227 e. The van der Waals surface area contributed by atoms with Crippen LogP contribution in [0.5, 0.6) is 0 Å². The first kappa shape index (κ1) is 20.9. The molecule has 2 aromatic carbocycles. The van der Waals surface area contributed by atoms with Gasteiger partial charge in [-0.25, -0.2) is 0 Å². The molecule has 4 saturated carbocycles. The molecule has 0 unspecified atom stereocenters. The number of anilines is 2. The van der Waals surface area contributed by atoms with Crippen LogP contribution in [-0.2, 0) is 16.0 Å². The highest BCUT2D eigenvalue weighted by molar-refractivity contribution is 5.93. The molecule has 6 rings (SSSR count). The van der Waals surface area contributed by atoms with Crippen LogP contribution in [0.2, 0.25) is 0 Å². The van der Waals surface area contributed by atoms with Crippen molar-refractivity contribution < 1.29 is 9.59 Å². The fraction of sp³-hybridized carbons (Fsp3) is 0.517. The summed E-state index contributed by atoms with van der Waals surface area (Å²) in [5.74, 6) is 3.62. The molecule has 33 heavy (non-hydrogen) atoms. The summed E-state index contributed by atoms with van der Waals surface area (Å²) < 4.78 is 0. The molecule has 2 aromatic rings. The lowest BCUT2D eigenvalue weighted by Crippen LogP contribution is -2.27. The average Bonchev–Trinajstić information content (AvgIpc) is 3.63. The number of nitrogens with one attached hydrogen (secondary N) is 2. The van der Waals surface area contributed by atoms with Gasteiger partial charge in [0.05, 0.1) is 0 Å². The summed E-state index contributed by atoms with van der Waals surface area (Å²) in [6, 6.07) is 16.5. The third-order valence-electron chi connectivity index (χ3n) is 9.00. The first-order valence-electron chi connectivity index (χ1n) is 12.9. The van der Waals surface area contributed by atoms with Crippen LogP contribution in [0.25, 0.3) is 0 Å². The van der Waals surface area contributed by atoms with Gasteiger partial charge in [0, 0.05) is 23.2 Å². The maximum absolute atomic E-state index is 12.7. The van der Waals surface area contributed by atoms with E-state index in [4.69, 9.17) is 0 Å². The Hall–Kier alpha value is -2.62. The van der Waals surface area contributed by atoms with Gasteiger partial charge in [-0.05, 0) is 104 Å². The second kappa shape index (κ2) is 8.62. The lowest BCUT2D eigenvalue weighted by molar-refractivity contribution is -0.122. The van der Waals surface area contributed by atoms with Gasteiger partial charge >= 0.3 is 0 Å². The number of carbonyl (C=O) groups is 2. The molecule has 4 fully saturated rings. The first-order valence-corrected chi connectivity index (χ1v) is 12.9. The fourth-order valence-electron chi connectivity index (χ4n) is 7.25. The number of benzene rings is 2. The molecule has 4 bridgehead atoms. The van der Waals surface area contributed by atoms with Crippen molar-refractivity contribution in [3.05, 3.63) is 59.7 Å². The maximum atomic E-state index is 12.7. The smallest absolute Gasteiger partial charge is 0.227 e. The van der Waals surface area contributed by atoms with Crippen molar-refractivity contribution in [2.45, 2.75) is 57.8 Å². The average molecular weight is 443 g/mol. The molecule has 2 N–H and O–H groups in total. The molecule has 0 heterocycles. The van der Waals surface area contributed by atoms with E-state index < -0.39 is 0 Å². The Labute approximate surface area is 196 Å². The molecule has 0 spiro atoms. The van der Waals surface area contributed by atoms with Gasteiger partial charge in [-0.3, -0.25) is 9.59 Å². The van der Waals surface area contributed by atoms with Gasteiger partial charge in [-0.2, -0.15) is 0 Å². The fourth-order valence-corrected chi connectivity index (χ4v) is 7.25. The van der Waals surface area contributed by atoms with Crippen molar-refractivity contribution in [3.8, 4) is 0 Å². The van der Waals surface area contributed by atoms with E-state index in [9.17, 15) is 9.59 Å². The molecule has 0 aromatic heterocycles. The van der Waals surface area contributed by atoms with Gasteiger partial charge < -0.3 is 10.6 Å². The molecule has 4 heteroatoms. The number of rotatable bonds is 6. The zero-order valence-corrected chi connectivity index (χ0v) is 19.3. The summed E-state index contributed by atoms with van der Waals surface area (Å²) in [6.07, 6.45) is 10.6. The lowest BCUT2D eigenvalue weighted by atomic mass is 9.88. The van der Waals surface area contributed by atoms with Crippen LogP contribution < -0.4 is 10.6 Å². The summed E-state index contributed by atoms with van der Waals surface area (Å²) in [5, 5.41) is 6.28. The Bertz CT molecular complexity index is 945. The molecule has 6 atom stereocenters. The van der Waals surface area contributed by atoms with E-state index >= 15 is 0 Å². The SMILES string of the molecule is O=C(Nc1ccc(Cc2ccc(NC(=O)[C@@H]3C[C@@H]4CC[C@@H]3C4)cc2)cc1)[C@@H]1C[C@@H]2CC[C@@H]1C2. The Morgan fingerprint density at radius 2 is 1.03 bits per heavy atom. The molecule has 0 aliphatic heterocycles. The Kier molecular flexibility index (Phi) is 5.48. The molecule has 4 nitrogen and oxygen atoms in total. The number of hydrogen-bond acceptors (Lipinski definition) is 2. The van der Waals surface area contributed by atoms with Gasteiger partial charge in [0.2, 0.25) is 11.8 Å². The number of fused-ring (bicyclic) bond motifs is 4. The monoisotopic (exact) mass is 442 g/mol. The summed E-state index contributed by atoms with van der Waals surface area (Å²) in [4.78, 5) is 25.3. The second-order valence-corrected chi connectivity index (χ2v) is 11.1. The first-order chi connectivity index (χ1) is 16.1. The molecule has 172 valence electrons. The quantitative estimate of drug-likeness (QED) is 0.574. The standard InChI is InChI=1S/C29H34N2O2/c32-28(26-16-20-1-7-22(26)14-20)30-24-9-3-18(4-10-24)13-19-5-11-25(12-6-19)31-29(33)27-17-21-2-8-23(27)15-21/h3-6,9-12,20-23,26-27H,1-2,7-8,13-17H2,(H,30,32)(H,31,33)/t20-,21-,22-,23-,26-,27-/m1/s1. The van der Waals surface area contributed by atoms with E-state index in [-0.39, 0.29) is 23.7 Å². The Balaban J connectivity index is 1.01. The van der Waals surface area contributed by atoms with E-state index in [1.165, 1.54) is 49.7 Å². The van der Waals surface area contributed by atoms with Crippen LogP contribution in [0.15, 0.2) is 48.5 Å². The predicted octanol–water partition coefficient (Wildman–Crippen LogP) is 6.03. The van der Waals surface area contributed by atoms with Gasteiger partial charge in [-0.15, -0.1) is 0 Å². The lowest BCUT2D eigenvalue weighted by Gasteiger charge is -2.21. The summed E-state index contributed by atoms with van der Waals surface area (Å²) in [7, 11) is 0. The van der Waals surface area contributed by atoms with Crippen LogP contribution >= 0.6 is 0 Å². The summed E-state index contributed by atoms with van der Waals surface area (Å²) in [6.45, 7) is 0. The molecule has 2 amide bonds. The third-order valence-corrected chi connectivity index (χ3v) is 9.00. The molecule has 0 saturated heterocycles. The summed E-state index contributed by atoms with van der Waals surface area (Å²) in [5.41, 5.74) is 4.22. The van der Waals surface area contributed by atoms with Crippen LogP contribution in [0.1, 0.15) is 62.5 Å². The van der Waals surface area contributed by atoms with Gasteiger partial charge in [0.25, 0.3) is 0 Å². The third kappa shape index (κ3) is 4.32. The van der Waals surface area contributed by atoms with E-state index in [1.54, 1.807) is 0 Å². The van der Waals surface area contributed by atoms with E-state index in [2.05, 4.69) is 34.9 Å². The van der Waals surface area contributed by atoms with Crippen molar-refractivity contribution in [3.63, 3.8) is 0 Å². The van der Waals surface area contributed by atoms with E-state index in [0.29, 0.717) is 11.8 Å². The minimum atomic E-state index is 0.206. The summed E-state index contributed by atoms with van der Waals surface area (Å²) >= 11 is 0. The molecule has 4 aliphatic rings. The molecular weight excluding hydrogens is 408 g/mol. The molecular formula is C29H34N2O2. The highest BCUT2D eigenvalue weighted by atomic mass is 16.2. The van der Waals surface area contributed by atoms with Crippen LogP contribution in [-0.4, -0.2) is 11.8 Å². The topological polar surface area (TPSA) is 58.2 Å². The number of hydrogen-bond donors (Lipinski definition) is 2. The van der Waals surface area contributed by atoms with Gasteiger partial charge in [-0.1, -0.05) is 37.1 Å². The largest absolute Gasteiger partial charge is 0.326 e. The van der Waals surface area contributed by atoms with Crippen LogP contribution in [0, 0.1) is 35.5 Å². The zero-order valence-electron chi connectivity index (χ0n) is 19.3. The predicted molar refractivity (Wildman–Crippen MR) is 131 cm³/mol. The normalized spacial score (nSPS) is 31.6. The molecule has 4 aliphatic carbocycles. The van der Waals surface area contributed by atoms with Crippen molar-refractivity contribution >= 4 is 23.2 Å². The van der Waals surface area contributed by atoms with E-state index in [0.717, 1.165) is 42.5 Å². The minimum Gasteiger partial charge on any atom is -0.326 e. The van der Waals surface area contributed by atoms with Crippen molar-refractivity contribution in [2.75, 3.05) is 10.6 Å². The van der Waals surface area contributed by atoms with Crippen molar-refractivity contribution in [1.29, 1.82) is 0 Å². The van der Waals surface area contributed by atoms with Crippen LogP contribution in [0.3, 0.4) is 0 Å². The highest BCUT2D eigenvalue weighted by Gasteiger charge is 2.43. The highest BCUT2D eigenvalue weighted by Crippen LogP contribution is 2.49. The van der Waals surface area contributed by atoms with Gasteiger partial charge in [0.15, 0.2) is 0 Å². The Morgan fingerprint density at radius 1 is 0.606 bits per heavy atom. The van der Waals surface area contributed by atoms with Crippen molar-refractivity contribution in [2.24, 2.45) is 35.5 Å². The van der Waals surface area contributed by atoms with Crippen molar-refractivity contribution in [1.82, 2.24) is 0 Å². The number of amides is 2. The Morgan fingerprint density at radius 3 is 1.36 bits per heavy atom. The second-order valence-electron chi connectivity index (χ2n) is 11.1. The minimum absolute atomic E-state index is 0.206. The molecule has 0 radical (unpaired) electrons. The van der Waals surface area contributed by atoms with Gasteiger partial charge in [0.1, 0.15) is 0 Å². The van der Waals surface area contributed by atoms with Crippen LogP contribution in [0.4, 0.5) is 11.4 Å². The zero-order chi connectivity index (χ0) is 22.4. The number of carbonyl (C=O) groups excluding carboxylic acids is 2.